The van der Waals surface area contributed by atoms with E-state index < -0.39 is 6.04 Å². The molecule has 2 rings (SSSR count). The Labute approximate surface area is 156 Å². The van der Waals surface area contributed by atoms with E-state index in [-0.39, 0.29) is 11.3 Å². The summed E-state index contributed by atoms with van der Waals surface area (Å²) in [6, 6.07) is 11.7. The molecule has 0 radical (unpaired) electrons. The van der Waals surface area contributed by atoms with Gasteiger partial charge in [0.05, 0.1) is 6.61 Å². The molecule has 0 saturated carbocycles. The Morgan fingerprint density at radius 2 is 1.92 bits per heavy atom. The maximum atomic E-state index is 12.8. The van der Waals surface area contributed by atoms with Crippen LogP contribution in [0.1, 0.15) is 37.9 Å². The van der Waals surface area contributed by atoms with Crippen LogP contribution >= 0.6 is 0 Å². The minimum Gasteiger partial charge on any atom is -0.383 e. The summed E-state index contributed by atoms with van der Waals surface area (Å²) in [4.78, 5) is 19.0. The van der Waals surface area contributed by atoms with Crippen LogP contribution in [0.25, 0.3) is 0 Å². The van der Waals surface area contributed by atoms with E-state index in [2.05, 4.69) is 55.3 Å². The number of carbonyl (C=O) groups excluding carboxylic acids is 1. The zero-order valence-corrected chi connectivity index (χ0v) is 16.3. The largest absolute Gasteiger partial charge is 0.383 e. The highest BCUT2D eigenvalue weighted by Gasteiger charge is 2.26. The Morgan fingerprint density at radius 1 is 1.23 bits per heavy atom. The molecule has 0 fully saturated rings. The molecule has 1 aromatic heterocycles. The Morgan fingerprint density at radius 3 is 2.46 bits per heavy atom. The van der Waals surface area contributed by atoms with Crippen LogP contribution in [-0.4, -0.2) is 38.2 Å². The Bertz CT molecular complexity index is 693. The van der Waals surface area contributed by atoms with Crippen molar-refractivity contribution < 1.29 is 9.53 Å². The number of amides is 1. The molecular weight excluding hydrogens is 326 g/mol. The number of ether oxygens (including phenoxy) is 1. The fourth-order valence-electron chi connectivity index (χ4n) is 2.81. The van der Waals surface area contributed by atoms with Crippen LogP contribution in [0.2, 0.25) is 0 Å². The van der Waals surface area contributed by atoms with Crippen LogP contribution in [0.4, 0.5) is 5.69 Å². The quantitative estimate of drug-likeness (QED) is 0.774. The van der Waals surface area contributed by atoms with Gasteiger partial charge in [0.2, 0.25) is 5.91 Å². The van der Waals surface area contributed by atoms with Crippen molar-refractivity contribution in [2.45, 2.75) is 32.2 Å². The van der Waals surface area contributed by atoms with Gasteiger partial charge in [-0.1, -0.05) is 39.0 Å². The van der Waals surface area contributed by atoms with Gasteiger partial charge in [-0.25, -0.2) is 0 Å². The third kappa shape index (κ3) is 5.05. The minimum absolute atomic E-state index is 0.0718. The number of hydrogen-bond acceptors (Lipinski definition) is 4. The molecule has 0 aliphatic rings. The van der Waals surface area contributed by atoms with Crippen LogP contribution < -0.4 is 10.2 Å². The third-order valence-electron chi connectivity index (χ3n) is 4.38. The highest BCUT2D eigenvalue weighted by Crippen LogP contribution is 2.29. The van der Waals surface area contributed by atoms with E-state index in [1.54, 1.807) is 19.5 Å². The second-order valence-corrected chi connectivity index (χ2v) is 7.38. The van der Waals surface area contributed by atoms with Gasteiger partial charge in [0, 0.05) is 44.3 Å². The molecule has 1 heterocycles. The minimum atomic E-state index is -0.457. The number of anilines is 1. The highest BCUT2D eigenvalue weighted by molar-refractivity contribution is 5.86. The number of rotatable bonds is 7. The topological polar surface area (TPSA) is 54.5 Å². The predicted molar refractivity (Wildman–Crippen MR) is 105 cm³/mol. The molecule has 0 saturated heterocycles. The van der Waals surface area contributed by atoms with Gasteiger partial charge in [-0.15, -0.1) is 0 Å². The number of methoxy groups -OCH3 is 1. The summed E-state index contributed by atoms with van der Waals surface area (Å²) in [5, 5.41) is 2.94. The van der Waals surface area contributed by atoms with Crippen molar-refractivity contribution in [1.29, 1.82) is 0 Å². The Hall–Kier alpha value is -2.40. The molecule has 2 aromatic rings. The van der Waals surface area contributed by atoms with E-state index in [1.807, 2.05) is 24.1 Å². The summed E-state index contributed by atoms with van der Waals surface area (Å²) in [6.07, 6.45) is 3.45. The molecular formula is C21H29N3O2. The second-order valence-electron chi connectivity index (χ2n) is 7.38. The summed E-state index contributed by atoms with van der Waals surface area (Å²) in [7, 11) is 3.55. The average Bonchev–Trinajstić information content (AvgIpc) is 2.62. The van der Waals surface area contributed by atoms with Crippen LogP contribution in [-0.2, 0) is 14.9 Å². The number of benzene rings is 1. The normalized spacial score (nSPS) is 12.5. The summed E-state index contributed by atoms with van der Waals surface area (Å²) in [6.45, 7) is 7.52. The first kappa shape index (κ1) is 19.9. The number of aromatic nitrogens is 1. The van der Waals surface area contributed by atoms with Crippen molar-refractivity contribution in [3.05, 3.63) is 59.9 Å². The average molecular weight is 355 g/mol. The number of nitrogens with zero attached hydrogens (tertiary/aromatic N) is 2. The molecule has 140 valence electrons. The van der Waals surface area contributed by atoms with Crippen LogP contribution in [0.15, 0.2) is 48.8 Å². The van der Waals surface area contributed by atoms with E-state index >= 15 is 0 Å². The van der Waals surface area contributed by atoms with Gasteiger partial charge >= 0.3 is 0 Å². The van der Waals surface area contributed by atoms with Crippen LogP contribution in [0, 0.1) is 0 Å². The van der Waals surface area contributed by atoms with Gasteiger partial charge in [0.1, 0.15) is 6.04 Å². The first-order valence-electron chi connectivity index (χ1n) is 8.84. The second kappa shape index (κ2) is 8.81. The highest BCUT2D eigenvalue weighted by atomic mass is 16.5. The molecule has 1 N–H and O–H groups in total. The lowest BCUT2D eigenvalue weighted by molar-refractivity contribution is -0.122. The zero-order chi connectivity index (χ0) is 19.2. The van der Waals surface area contributed by atoms with Crippen molar-refractivity contribution in [1.82, 2.24) is 10.3 Å². The van der Waals surface area contributed by atoms with Crippen molar-refractivity contribution >= 4 is 11.6 Å². The molecule has 1 unspecified atom stereocenters. The molecule has 0 aliphatic heterocycles. The van der Waals surface area contributed by atoms with Gasteiger partial charge < -0.3 is 15.0 Å². The fraction of sp³-hybridized carbons (Fsp3) is 0.429. The van der Waals surface area contributed by atoms with Gasteiger partial charge in [-0.2, -0.15) is 0 Å². The molecule has 26 heavy (non-hydrogen) atoms. The summed E-state index contributed by atoms with van der Waals surface area (Å²) in [5.74, 6) is -0.0718. The van der Waals surface area contributed by atoms with Crippen molar-refractivity contribution in [3.63, 3.8) is 0 Å². The van der Waals surface area contributed by atoms with E-state index in [9.17, 15) is 4.79 Å². The first-order chi connectivity index (χ1) is 12.3. The van der Waals surface area contributed by atoms with Crippen LogP contribution in [0.5, 0.6) is 0 Å². The summed E-state index contributed by atoms with van der Waals surface area (Å²) >= 11 is 0. The van der Waals surface area contributed by atoms with Gasteiger partial charge in [-0.05, 0) is 29.2 Å². The predicted octanol–water partition coefficient (Wildman–Crippen LogP) is 3.32. The lowest BCUT2D eigenvalue weighted by atomic mass is 9.87. The lowest BCUT2D eigenvalue weighted by Crippen LogP contribution is -2.40. The van der Waals surface area contributed by atoms with Crippen molar-refractivity contribution in [3.8, 4) is 0 Å². The maximum absolute atomic E-state index is 12.8. The monoisotopic (exact) mass is 355 g/mol. The molecule has 1 atom stereocenters. The van der Waals surface area contributed by atoms with Gasteiger partial charge in [0.25, 0.3) is 0 Å². The standard InChI is InChI=1S/C21H29N3O2/c1-21(2,3)17-8-10-18(11-9-17)24(4)19(16-7-6-12-22-15-16)20(25)23-13-14-26-5/h6-12,15,19H,13-14H2,1-5H3,(H,23,25). The number of likely N-dealkylation sites (N-methyl/N-ethyl adjacent to an activating group) is 1. The Kier molecular flexibility index (Phi) is 6.75. The fourth-order valence-corrected chi connectivity index (χ4v) is 2.81. The van der Waals surface area contributed by atoms with E-state index in [0.717, 1.165) is 11.3 Å². The number of carbonyl (C=O) groups is 1. The molecule has 0 bridgehead atoms. The van der Waals surface area contributed by atoms with Gasteiger partial charge in [-0.3, -0.25) is 9.78 Å². The van der Waals surface area contributed by atoms with Gasteiger partial charge in [0.15, 0.2) is 0 Å². The number of nitrogens with one attached hydrogen (secondary N) is 1. The number of hydrogen-bond donors (Lipinski definition) is 1. The molecule has 0 spiro atoms. The lowest BCUT2D eigenvalue weighted by Gasteiger charge is -2.30. The van der Waals surface area contributed by atoms with Crippen molar-refractivity contribution in [2.24, 2.45) is 0 Å². The Balaban J connectivity index is 2.28. The van der Waals surface area contributed by atoms with E-state index in [4.69, 9.17) is 4.74 Å². The first-order valence-corrected chi connectivity index (χ1v) is 8.84. The van der Waals surface area contributed by atoms with E-state index in [1.165, 1.54) is 5.56 Å². The molecule has 0 aliphatic carbocycles. The molecule has 5 nitrogen and oxygen atoms in total. The number of pyridine rings is 1. The van der Waals surface area contributed by atoms with E-state index in [0.29, 0.717) is 13.2 Å². The molecule has 1 amide bonds. The summed E-state index contributed by atoms with van der Waals surface area (Å²) in [5.41, 5.74) is 3.19. The van der Waals surface area contributed by atoms with Crippen LogP contribution in [0.3, 0.4) is 0 Å². The molecule has 1 aromatic carbocycles. The van der Waals surface area contributed by atoms with Crippen molar-refractivity contribution in [2.75, 3.05) is 32.2 Å². The maximum Gasteiger partial charge on any atom is 0.247 e. The SMILES string of the molecule is COCCNC(=O)C(c1cccnc1)N(C)c1ccc(C(C)(C)C)cc1. The third-order valence-corrected chi connectivity index (χ3v) is 4.38. The smallest absolute Gasteiger partial charge is 0.247 e. The summed E-state index contributed by atoms with van der Waals surface area (Å²) < 4.78 is 5.03. The molecule has 5 heteroatoms. The zero-order valence-electron chi connectivity index (χ0n) is 16.3.